The van der Waals surface area contributed by atoms with Crippen LogP contribution < -0.4 is 0 Å². The van der Waals surface area contributed by atoms with Crippen molar-refractivity contribution in [2.45, 2.75) is 41.0 Å². The third-order valence-corrected chi connectivity index (χ3v) is 1.98. The monoisotopic (exact) mass is 190 g/mol. The van der Waals surface area contributed by atoms with Gasteiger partial charge < -0.3 is 0 Å². The van der Waals surface area contributed by atoms with E-state index in [-0.39, 0.29) is 0 Å². The van der Waals surface area contributed by atoms with Crippen LogP contribution in [-0.2, 0) is 0 Å². The van der Waals surface area contributed by atoms with E-state index in [1.165, 1.54) is 16.7 Å². The van der Waals surface area contributed by atoms with Gasteiger partial charge in [0.15, 0.2) is 0 Å². The molecule has 0 unspecified atom stereocenters. The summed E-state index contributed by atoms with van der Waals surface area (Å²) in [6.07, 6.45) is 12.0. The summed E-state index contributed by atoms with van der Waals surface area (Å²) in [5.74, 6) is 0. The van der Waals surface area contributed by atoms with Gasteiger partial charge in [0, 0.05) is 0 Å². The Hall–Kier alpha value is -1.04. The molecule has 78 valence electrons. The average molecular weight is 190 g/mol. The summed E-state index contributed by atoms with van der Waals surface area (Å²) in [4.78, 5) is 0. The summed E-state index contributed by atoms with van der Waals surface area (Å²) in [6, 6.07) is 0. The van der Waals surface area contributed by atoms with Gasteiger partial charge in [0.25, 0.3) is 0 Å². The van der Waals surface area contributed by atoms with Gasteiger partial charge in [-0.25, -0.2) is 0 Å². The van der Waals surface area contributed by atoms with Crippen molar-refractivity contribution < 1.29 is 0 Å². The van der Waals surface area contributed by atoms with Gasteiger partial charge in [-0.1, -0.05) is 54.0 Å². The molecule has 0 N–H and O–H groups in total. The lowest BCUT2D eigenvalue weighted by molar-refractivity contribution is 1.22. The summed E-state index contributed by atoms with van der Waals surface area (Å²) in [5.41, 5.74) is 3.93. The smallest absolute Gasteiger partial charge is 0.0376 e. The van der Waals surface area contributed by atoms with Crippen LogP contribution in [0.5, 0.6) is 0 Å². The molecule has 0 aromatic carbocycles. The van der Waals surface area contributed by atoms with Crippen molar-refractivity contribution in [1.29, 1.82) is 0 Å². The highest BCUT2D eigenvalue weighted by Crippen LogP contribution is 2.07. The molecule has 0 bridgehead atoms. The van der Waals surface area contributed by atoms with Crippen molar-refractivity contribution in [2.75, 3.05) is 0 Å². The van der Waals surface area contributed by atoms with E-state index < -0.39 is 0 Å². The predicted molar refractivity (Wildman–Crippen MR) is 66.4 cm³/mol. The molecule has 0 aliphatic heterocycles. The Balaban J connectivity index is 4.49. The lowest BCUT2D eigenvalue weighted by Crippen LogP contribution is -1.75. The summed E-state index contributed by atoms with van der Waals surface area (Å²) in [6.45, 7) is 10.6. The van der Waals surface area contributed by atoms with E-state index in [1.807, 2.05) is 0 Å². The first kappa shape index (κ1) is 13.0. The molecule has 0 heteroatoms. The van der Waals surface area contributed by atoms with Crippen LogP contribution in [0.1, 0.15) is 41.0 Å². The third-order valence-electron chi connectivity index (χ3n) is 1.98. The van der Waals surface area contributed by atoms with E-state index in [2.05, 4.69) is 65.0 Å². The zero-order valence-electron chi connectivity index (χ0n) is 10.1. The van der Waals surface area contributed by atoms with Gasteiger partial charge >= 0.3 is 0 Å². The first-order valence-corrected chi connectivity index (χ1v) is 5.26. The highest BCUT2D eigenvalue weighted by Gasteiger charge is 1.86. The van der Waals surface area contributed by atoms with Crippen LogP contribution in [0.3, 0.4) is 0 Å². The maximum Gasteiger partial charge on any atom is -0.0376 e. The van der Waals surface area contributed by atoms with Gasteiger partial charge in [-0.3, -0.25) is 0 Å². The minimum absolute atomic E-state index is 1.10. The number of hydrogen-bond donors (Lipinski definition) is 0. The number of rotatable bonds is 4. The van der Waals surface area contributed by atoms with E-state index in [4.69, 9.17) is 0 Å². The molecule has 0 spiro atoms. The lowest BCUT2D eigenvalue weighted by Gasteiger charge is -1.96. The van der Waals surface area contributed by atoms with Crippen molar-refractivity contribution in [3.63, 3.8) is 0 Å². The molecule has 14 heavy (non-hydrogen) atoms. The van der Waals surface area contributed by atoms with Crippen molar-refractivity contribution >= 4 is 0 Å². The van der Waals surface area contributed by atoms with Crippen LogP contribution in [-0.4, -0.2) is 0 Å². The number of allylic oxidation sites excluding steroid dienone is 8. The normalized spacial score (nSPS) is 15.4. The van der Waals surface area contributed by atoms with Gasteiger partial charge in [-0.2, -0.15) is 0 Å². The average Bonchev–Trinajstić information content (AvgIpc) is 2.14. The summed E-state index contributed by atoms with van der Waals surface area (Å²) >= 11 is 0. The van der Waals surface area contributed by atoms with Gasteiger partial charge in [-0.15, -0.1) is 0 Å². The van der Waals surface area contributed by atoms with E-state index in [0.717, 1.165) is 6.42 Å². The van der Waals surface area contributed by atoms with Crippen LogP contribution in [0.4, 0.5) is 0 Å². The topological polar surface area (TPSA) is 0 Å². The SMILES string of the molecule is C/C=C(C)/C=C(C)/C=C(C)/C=C/CC. The largest absolute Gasteiger partial charge is 0.0847 e. The standard InChI is InChI=1S/C14H22/c1-6-8-9-13(4)11-14(5)10-12(3)7-2/h7-11H,6H2,1-5H3/b9-8+,12-7+,13-11+,14-10+. The first-order valence-electron chi connectivity index (χ1n) is 5.26. The van der Waals surface area contributed by atoms with Crippen LogP contribution in [0.2, 0.25) is 0 Å². The van der Waals surface area contributed by atoms with Crippen LogP contribution in [0, 0.1) is 0 Å². The van der Waals surface area contributed by atoms with E-state index in [1.54, 1.807) is 0 Å². The molecule has 0 aliphatic rings. The second-order valence-electron chi connectivity index (χ2n) is 3.62. The molecule has 0 nitrogen and oxygen atoms in total. The Bertz CT molecular complexity index is 272. The molecule has 0 fully saturated rings. The molecule has 0 radical (unpaired) electrons. The molecular formula is C14H22. The van der Waals surface area contributed by atoms with Gasteiger partial charge in [-0.05, 0) is 34.1 Å². The van der Waals surface area contributed by atoms with Crippen LogP contribution >= 0.6 is 0 Å². The lowest BCUT2D eigenvalue weighted by atomic mass is 10.1. The summed E-state index contributed by atoms with van der Waals surface area (Å²) in [5, 5.41) is 0. The maximum absolute atomic E-state index is 2.21. The Labute approximate surface area is 88.7 Å². The molecule has 0 aromatic rings. The Morgan fingerprint density at radius 2 is 1.50 bits per heavy atom. The zero-order valence-corrected chi connectivity index (χ0v) is 10.1. The molecule has 0 rings (SSSR count). The minimum Gasteiger partial charge on any atom is -0.0847 e. The molecule has 0 atom stereocenters. The quantitative estimate of drug-likeness (QED) is 0.558. The molecular weight excluding hydrogens is 168 g/mol. The highest BCUT2D eigenvalue weighted by molar-refractivity contribution is 5.32. The van der Waals surface area contributed by atoms with Crippen molar-refractivity contribution in [3.05, 3.63) is 47.1 Å². The predicted octanol–water partition coefficient (Wildman–Crippen LogP) is 4.81. The molecule has 0 aliphatic carbocycles. The molecule has 0 heterocycles. The Morgan fingerprint density at radius 3 is 2.00 bits per heavy atom. The van der Waals surface area contributed by atoms with E-state index in [0.29, 0.717) is 0 Å². The first-order chi connectivity index (χ1) is 6.60. The summed E-state index contributed by atoms with van der Waals surface area (Å²) in [7, 11) is 0. The fourth-order valence-electron chi connectivity index (χ4n) is 1.20. The molecule has 0 saturated carbocycles. The molecule has 0 aromatic heterocycles. The van der Waals surface area contributed by atoms with Crippen LogP contribution in [0.25, 0.3) is 0 Å². The second-order valence-corrected chi connectivity index (χ2v) is 3.62. The fraction of sp³-hybridized carbons (Fsp3) is 0.429. The van der Waals surface area contributed by atoms with Gasteiger partial charge in [0.2, 0.25) is 0 Å². The van der Waals surface area contributed by atoms with Gasteiger partial charge in [0.05, 0.1) is 0 Å². The van der Waals surface area contributed by atoms with E-state index in [9.17, 15) is 0 Å². The number of hydrogen-bond acceptors (Lipinski definition) is 0. The highest BCUT2D eigenvalue weighted by atomic mass is 13.9. The molecule has 0 amide bonds. The van der Waals surface area contributed by atoms with Crippen molar-refractivity contribution in [2.24, 2.45) is 0 Å². The Morgan fingerprint density at radius 1 is 0.929 bits per heavy atom. The fourth-order valence-corrected chi connectivity index (χ4v) is 1.20. The van der Waals surface area contributed by atoms with Crippen molar-refractivity contribution in [3.8, 4) is 0 Å². The molecule has 0 saturated heterocycles. The zero-order chi connectivity index (χ0) is 11.0. The second kappa shape index (κ2) is 7.37. The summed E-state index contributed by atoms with van der Waals surface area (Å²) < 4.78 is 0. The Kier molecular flexibility index (Phi) is 6.82. The van der Waals surface area contributed by atoms with Gasteiger partial charge in [0.1, 0.15) is 0 Å². The van der Waals surface area contributed by atoms with Crippen LogP contribution in [0.15, 0.2) is 47.1 Å². The maximum atomic E-state index is 2.21. The third kappa shape index (κ3) is 6.47. The minimum atomic E-state index is 1.10. The van der Waals surface area contributed by atoms with Crippen molar-refractivity contribution in [1.82, 2.24) is 0 Å². The van der Waals surface area contributed by atoms with E-state index >= 15 is 0 Å².